The van der Waals surface area contributed by atoms with Gasteiger partial charge in [0.2, 0.25) is 0 Å². The molecule has 0 aliphatic carbocycles. The Balaban J connectivity index is 2.32. The molecule has 0 atom stereocenters. The van der Waals surface area contributed by atoms with Crippen molar-refractivity contribution < 1.29 is 8.42 Å². The number of hydrogen-bond acceptors (Lipinski definition) is 3. The minimum Gasteiger partial charge on any atom is -0.283 e. The molecule has 0 aliphatic heterocycles. The van der Waals surface area contributed by atoms with Gasteiger partial charge in [-0.05, 0) is 46.1 Å². The van der Waals surface area contributed by atoms with Gasteiger partial charge in [0.1, 0.15) is 0 Å². The number of nitrogens with zero attached hydrogens (tertiary/aromatic N) is 1. The van der Waals surface area contributed by atoms with Crippen molar-refractivity contribution in [2.75, 3.05) is 6.54 Å². The molecular formula is C11H22N4O2S. The van der Waals surface area contributed by atoms with Crippen molar-refractivity contribution in [1.29, 1.82) is 0 Å². The lowest BCUT2D eigenvalue weighted by Gasteiger charge is -2.20. The third-order valence-corrected chi connectivity index (χ3v) is 3.76. The summed E-state index contributed by atoms with van der Waals surface area (Å²) in [6.45, 7) is 7.78. The molecule has 0 spiro atoms. The average Bonchev–Trinajstić information content (AvgIpc) is 2.55. The Labute approximate surface area is 109 Å². The van der Waals surface area contributed by atoms with E-state index in [0.717, 1.165) is 24.1 Å². The number of aromatic amines is 1. The molecule has 104 valence electrons. The first kappa shape index (κ1) is 15.1. The largest absolute Gasteiger partial charge is 0.283 e. The quantitative estimate of drug-likeness (QED) is 0.673. The van der Waals surface area contributed by atoms with E-state index < -0.39 is 15.7 Å². The van der Waals surface area contributed by atoms with Crippen LogP contribution in [-0.2, 0) is 16.6 Å². The van der Waals surface area contributed by atoms with Crippen LogP contribution in [-0.4, -0.2) is 30.7 Å². The fourth-order valence-electron chi connectivity index (χ4n) is 1.55. The van der Waals surface area contributed by atoms with Gasteiger partial charge >= 0.3 is 0 Å². The fourth-order valence-corrected chi connectivity index (χ4v) is 2.84. The maximum Gasteiger partial charge on any atom is 0.277 e. The van der Waals surface area contributed by atoms with Crippen molar-refractivity contribution in [2.24, 2.45) is 0 Å². The van der Waals surface area contributed by atoms with Gasteiger partial charge in [0.25, 0.3) is 10.2 Å². The van der Waals surface area contributed by atoms with Crippen molar-refractivity contribution >= 4 is 10.2 Å². The van der Waals surface area contributed by atoms with Crippen LogP contribution in [0, 0.1) is 6.92 Å². The molecule has 3 N–H and O–H groups in total. The van der Waals surface area contributed by atoms with E-state index in [0.29, 0.717) is 6.54 Å². The van der Waals surface area contributed by atoms with Crippen molar-refractivity contribution in [1.82, 2.24) is 19.6 Å². The summed E-state index contributed by atoms with van der Waals surface area (Å²) >= 11 is 0. The number of nitrogens with one attached hydrogen (secondary N) is 3. The van der Waals surface area contributed by atoms with Crippen LogP contribution in [0.1, 0.15) is 38.4 Å². The summed E-state index contributed by atoms with van der Waals surface area (Å²) in [5.41, 5.74) is 1.69. The maximum absolute atomic E-state index is 11.6. The molecule has 18 heavy (non-hydrogen) atoms. The van der Waals surface area contributed by atoms with E-state index in [-0.39, 0.29) is 0 Å². The molecule has 1 rings (SSSR count). The van der Waals surface area contributed by atoms with E-state index in [1.807, 2.05) is 6.92 Å². The highest BCUT2D eigenvalue weighted by Crippen LogP contribution is 2.05. The summed E-state index contributed by atoms with van der Waals surface area (Å²) in [5.74, 6) is 0. The molecule has 0 aliphatic rings. The fraction of sp³-hybridized carbons (Fsp3) is 0.727. The SMILES string of the molecule is Cc1[nH]ncc1CCCNS(=O)(=O)NC(C)(C)C. The van der Waals surface area contributed by atoms with Gasteiger partial charge in [0.15, 0.2) is 0 Å². The van der Waals surface area contributed by atoms with E-state index in [9.17, 15) is 8.42 Å². The number of hydrogen-bond donors (Lipinski definition) is 3. The van der Waals surface area contributed by atoms with E-state index in [2.05, 4.69) is 19.6 Å². The number of aryl methyl sites for hydroxylation is 2. The zero-order valence-corrected chi connectivity index (χ0v) is 12.2. The Morgan fingerprint density at radius 3 is 2.56 bits per heavy atom. The summed E-state index contributed by atoms with van der Waals surface area (Å²) in [6.07, 6.45) is 3.32. The van der Waals surface area contributed by atoms with Gasteiger partial charge in [0, 0.05) is 17.8 Å². The van der Waals surface area contributed by atoms with Crippen LogP contribution in [0.3, 0.4) is 0 Å². The molecule has 0 saturated carbocycles. The van der Waals surface area contributed by atoms with E-state index >= 15 is 0 Å². The van der Waals surface area contributed by atoms with E-state index in [1.54, 1.807) is 27.0 Å². The molecule has 7 heteroatoms. The molecule has 1 aromatic heterocycles. The predicted octanol–water partition coefficient (Wildman–Crippen LogP) is 0.873. The topological polar surface area (TPSA) is 86.9 Å². The smallest absolute Gasteiger partial charge is 0.277 e. The Hall–Kier alpha value is -0.920. The highest BCUT2D eigenvalue weighted by atomic mass is 32.2. The maximum atomic E-state index is 11.6. The molecule has 1 aromatic rings. The lowest BCUT2D eigenvalue weighted by atomic mass is 10.1. The van der Waals surface area contributed by atoms with Crippen LogP contribution in [0.25, 0.3) is 0 Å². The van der Waals surface area contributed by atoms with Crippen molar-refractivity contribution in [2.45, 2.75) is 46.1 Å². The van der Waals surface area contributed by atoms with Gasteiger partial charge < -0.3 is 0 Å². The standard InChI is InChI=1S/C11H22N4O2S/c1-9-10(8-12-14-9)6-5-7-13-18(16,17)15-11(2,3)4/h8,13,15H,5-7H2,1-4H3,(H,12,14). The first-order valence-electron chi connectivity index (χ1n) is 5.97. The third kappa shape index (κ3) is 5.61. The van der Waals surface area contributed by atoms with Gasteiger partial charge in [-0.15, -0.1) is 0 Å². The highest BCUT2D eigenvalue weighted by molar-refractivity contribution is 7.87. The second kappa shape index (κ2) is 5.81. The Morgan fingerprint density at radius 1 is 1.39 bits per heavy atom. The summed E-state index contributed by atoms with van der Waals surface area (Å²) in [5, 5.41) is 6.78. The van der Waals surface area contributed by atoms with Crippen LogP contribution in [0.5, 0.6) is 0 Å². The van der Waals surface area contributed by atoms with Gasteiger partial charge in [-0.25, -0.2) is 4.72 Å². The molecule has 0 unspecified atom stereocenters. The summed E-state index contributed by atoms with van der Waals surface area (Å²) in [4.78, 5) is 0. The van der Waals surface area contributed by atoms with Crippen molar-refractivity contribution in [3.05, 3.63) is 17.5 Å². The van der Waals surface area contributed by atoms with Gasteiger partial charge in [0.05, 0.1) is 6.20 Å². The predicted molar refractivity (Wildman–Crippen MR) is 71.5 cm³/mol. The van der Waals surface area contributed by atoms with Crippen LogP contribution in [0.15, 0.2) is 6.20 Å². The second-order valence-electron chi connectivity index (χ2n) is 5.37. The van der Waals surface area contributed by atoms with Gasteiger partial charge in [-0.2, -0.15) is 18.2 Å². The Kier molecular flexibility index (Phi) is 4.89. The normalized spacial score (nSPS) is 12.9. The molecule has 0 fully saturated rings. The number of H-pyrrole nitrogens is 1. The monoisotopic (exact) mass is 274 g/mol. The number of aromatic nitrogens is 2. The Bertz CT molecular complexity index is 473. The van der Waals surface area contributed by atoms with Gasteiger partial charge in [-0.1, -0.05) is 0 Å². The zero-order chi connectivity index (χ0) is 13.8. The van der Waals surface area contributed by atoms with Crippen LogP contribution < -0.4 is 9.44 Å². The summed E-state index contributed by atoms with van der Waals surface area (Å²) in [7, 11) is -3.41. The second-order valence-corrected chi connectivity index (χ2v) is 6.87. The van der Waals surface area contributed by atoms with Crippen LogP contribution >= 0.6 is 0 Å². The van der Waals surface area contributed by atoms with Gasteiger partial charge in [-0.3, -0.25) is 5.10 Å². The lowest BCUT2D eigenvalue weighted by molar-refractivity contribution is 0.483. The van der Waals surface area contributed by atoms with E-state index in [4.69, 9.17) is 0 Å². The first-order chi connectivity index (χ1) is 8.20. The molecule has 1 heterocycles. The minimum absolute atomic E-state index is 0.413. The minimum atomic E-state index is -3.41. The highest BCUT2D eigenvalue weighted by Gasteiger charge is 2.18. The molecular weight excluding hydrogens is 252 g/mol. The first-order valence-corrected chi connectivity index (χ1v) is 7.45. The average molecular weight is 274 g/mol. The van der Waals surface area contributed by atoms with E-state index in [1.165, 1.54) is 0 Å². The molecule has 0 radical (unpaired) electrons. The summed E-state index contributed by atoms with van der Waals surface area (Å²) < 4.78 is 28.3. The summed E-state index contributed by atoms with van der Waals surface area (Å²) in [6, 6.07) is 0. The number of rotatable bonds is 6. The molecule has 0 bridgehead atoms. The van der Waals surface area contributed by atoms with Crippen LogP contribution in [0.2, 0.25) is 0 Å². The van der Waals surface area contributed by atoms with Crippen LogP contribution in [0.4, 0.5) is 0 Å². The molecule has 0 aromatic carbocycles. The molecule has 6 nitrogen and oxygen atoms in total. The van der Waals surface area contributed by atoms with Crippen molar-refractivity contribution in [3.8, 4) is 0 Å². The zero-order valence-electron chi connectivity index (χ0n) is 11.4. The molecule has 0 amide bonds. The molecule has 0 saturated heterocycles. The lowest BCUT2D eigenvalue weighted by Crippen LogP contribution is -2.47. The Morgan fingerprint density at radius 2 is 2.06 bits per heavy atom. The third-order valence-electron chi connectivity index (χ3n) is 2.29. The van der Waals surface area contributed by atoms with Crippen molar-refractivity contribution in [3.63, 3.8) is 0 Å².